The Morgan fingerprint density at radius 2 is 2.00 bits per heavy atom. The number of amides is 2. The number of hydrogen-bond donors (Lipinski definition) is 2. The summed E-state index contributed by atoms with van der Waals surface area (Å²) in [5.41, 5.74) is 0.904. The number of imide groups is 1. The van der Waals surface area contributed by atoms with Crippen molar-refractivity contribution in [3.63, 3.8) is 0 Å². The van der Waals surface area contributed by atoms with E-state index in [0.29, 0.717) is 21.2 Å². The van der Waals surface area contributed by atoms with Gasteiger partial charge >= 0.3 is 0 Å². The van der Waals surface area contributed by atoms with E-state index >= 15 is 0 Å². The van der Waals surface area contributed by atoms with Crippen molar-refractivity contribution in [1.82, 2.24) is 5.32 Å². The average Bonchev–Trinajstić information content (AvgIpc) is 2.64. The van der Waals surface area contributed by atoms with E-state index in [2.05, 4.69) is 5.32 Å². The zero-order valence-electron chi connectivity index (χ0n) is 8.87. The smallest absolute Gasteiger partial charge is 0.290 e. The number of aliphatic hydroxyl groups is 1. The van der Waals surface area contributed by atoms with Crippen LogP contribution in [0.4, 0.5) is 4.79 Å². The first-order valence-corrected chi connectivity index (χ1v) is 6.42. The van der Waals surface area contributed by atoms with Gasteiger partial charge in [0.2, 0.25) is 0 Å². The van der Waals surface area contributed by atoms with Crippen molar-refractivity contribution in [2.24, 2.45) is 0 Å². The number of nitrogens with one attached hydrogen (secondary N) is 1. The van der Waals surface area contributed by atoms with Gasteiger partial charge in [-0.05, 0) is 29.5 Å². The minimum atomic E-state index is -0.514. The summed E-state index contributed by atoms with van der Waals surface area (Å²) in [5.74, 6) is -0.514. The lowest BCUT2D eigenvalue weighted by atomic mass is 10.1. The van der Waals surface area contributed by atoms with E-state index in [9.17, 15) is 14.7 Å². The molecule has 1 aromatic carbocycles. The molecule has 0 saturated carbocycles. The molecule has 1 aromatic rings. The molecule has 1 heterocycles. The Bertz CT molecular complexity index is 571. The Labute approximate surface area is 117 Å². The van der Waals surface area contributed by atoms with E-state index in [1.165, 1.54) is 0 Å². The number of hydrogen-bond acceptors (Lipinski definition) is 4. The predicted octanol–water partition coefficient (Wildman–Crippen LogP) is 2.68. The first-order chi connectivity index (χ1) is 8.52. The summed E-state index contributed by atoms with van der Waals surface area (Å²) < 4.78 is 0. The SMILES string of the molecule is O=C1NC(=O)C(=C(CO)c2ccc(Cl)c(Cl)c2)S1. The second-order valence-electron chi connectivity index (χ2n) is 3.44. The zero-order valence-corrected chi connectivity index (χ0v) is 11.2. The van der Waals surface area contributed by atoms with Crippen molar-refractivity contribution in [2.45, 2.75) is 0 Å². The predicted molar refractivity (Wildman–Crippen MR) is 71.6 cm³/mol. The van der Waals surface area contributed by atoms with Gasteiger partial charge < -0.3 is 5.11 Å². The van der Waals surface area contributed by atoms with Crippen LogP contribution in [0.2, 0.25) is 10.0 Å². The molecule has 4 nitrogen and oxygen atoms in total. The summed E-state index contributed by atoms with van der Waals surface area (Å²) in [4.78, 5) is 22.8. The topological polar surface area (TPSA) is 66.4 Å². The van der Waals surface area contributed by atoms with Gasteiger partial charge in [-0.15, -0.1) is 0 Å². The zero-order chi connectivity index (χ0) is 13.3. The fourth-order valence-corrected chi connectivity index (χ4v) is 2.57. The van der Waals surface area contributed by atoms with Crippen LogP contribution in [0.25, 0.3) is 5.57 Å². The molecule has 0 aromatic heterocycles. The van der Waals surface area contributed by atoms with Gasteiger partial charge in [0, 0.05) is 5.57 Å². The van der Waals surface area contributed by atoms with Crippen LogP contribution in [0, 0.1) is 0 Å². The Hall–Kier alpha value is -1.01. The molecule has 18 heavy (non-hydrogen) atoms. The average molecular weight is 304 g/mol. The third kappa shape index (κ3) is 2.54. The molecule has 0 atom stereocenters. The fourth-order valence-electron chi connectivity index (χ4n) is 1.49. The molecule has 0 aliphatic carbocycles. The maximum Gasteiger partial charge on any atom is 0.290 e. The van der Waals surface area contributed by atoms with E-state index in [1.54, 1.807) is 18.2 Å². The van der Waals surface area contributed by atoms with Gasteiger partial charge in [0.1, 0.15) is 0 Å². The molecular formula is C11H7Cl2NO3S. The van der Waals surface area contributed by atoms with E-state index in [0.717, 1.165) is 11.8 Å². The maximum absolute atomic E-state index is 11.5. The summed E-state index contributed by atoms with van der Waals surface area (Å²) in [6, 6.07) is 4.73. The number of halogens is 2. The molecule has 0 bridgehead atoms. The van der Waals surface area contributed by atoms with Gasteiger partial charge in [-0.2, -0.15) is 0 Å². The summed E-state index contributed by atoms with van der Waals surface area (Å²) in [5, 5.41) is 11.7. The second kappa shape index (κ2) is 5.32. The van der Waals surface area contributed by atoms with E-state index in [-0.39, 0.29) is 11.5 Å². The third-order valence-electron chi connectivity index (χ3n) is 2.32. The third-order valence-corrected chi connectivity index (χ3v) is 3.98. The number of thioether (sulfide) groups is 1. The van der Waals surface area contributed by atoms with E-state index in [4.69, 9.17) is 23.2 Å². The second-order valence-corrected chi connectivity index (χ2v) is 5.24. The molecule has 0 radical (unpaired) electrons. The summed E-state index contributed by atoms with van der Waals surface area (Å²) in [6.07, 6.45) is 0. The Morgan fingerprint density at radius 1 is 1.28 bits per heavy atom. The van der Waals surface area contributed by atoms with Crippen LogP contribution >= 0.6 is 35.0 Å². The van der Waals surface area contributed by atoms with Gasteiger partial charge in [0.05, 0.1) is 21.6 Å². The van der Waals surface area contributed by atoms with Crippen LogP contribution in [0.5, 0.6) is 0 Å². The lowest BCUT2D eigenvalue weighted by molar-refractivity contribution is -0.115. The van der Waals surface area contributed by atoms with Gasteiger partial charge in [-0.1, -0.05) is 29.3 Å². The highest BCUT2D eigenvalue weighted by atomic mass is 35.5. The molecule has 2 rings (SSSR count). The normalized spacial score (nSPS) is 17.9. The monoisotopic (exact) mass is 303 g/mol. The standard InChI is InChI=1S/C11H7Cl2NO3S/c12-7-2-1-5(3-8(7)13)6(4-15)9-10(16)14-11(17)18-9/h1-3,15H,4H2,(H,14,16,17). The van der Waals surface area contributed by atoms with Crippen LogP contribution in [0.15, 0.2) is 23.1 Å². The van der Waals surface area contributed by atoms with Crippen molar-refractivity contribution < 1.29 is 14.7 Å². The quantitative estimate of drug-likeness (QED) is 0.824. The molecule has 1 saturated heterocycles. The molecule has 7 heteroatoms. The molecule has 1 fully saturated rings. The van der Waals surface area contributed by atoms with Crippen molar-refractivity contribution in [3.05, 3.63) is 38.7 Å². The number of aliphatic hydroxyl groups excluding tert-OH is 1. The Balaban J connectivity index is 2.51. The molecular weight excluding hydrogens is 297 g/mol. The van der Waals surface area contributed by atoms with Crippen molar-refractivity contribution >= 4 is 51.7 Å². The lowest BCUT2D eigenvalue weighted by Gasteiger charge is -2.07. The van der Waals surface area contributed by atoms with Crippen LogP contribution in [-0.2, 0) is 4.79 Å². The minimum Gasteiger partial charge on any atom is -0.392 e. The first-order valence-electron chi connectivity index (χ1n) is 4.85. The molecule has 0 unspecified atom stereocenters. The van der Waals surface area contributed by atoms with Crippen LogP contribution in [-0.4, -0.2) is 22.9 Å². The van der Waals surface area contributed by atoms with Crippen molar-refractivity contribution in [2.75, 3.05) is 6.61 Å². The van der Waals surface area contributed by atoms with Crippen LogP contribution < -0.4 is 5.32 Å². The molecule has 2 amide bonds. The van der Waals surface area contributed by atoms with Gasteiger partial charge in [0.15, 0.2) is 0 Å². The van der Waals surface area contributed by atoms with Crippen LogP contribution in [0.1, 0.15) is 5.56 Å². The molecule has 94 valence electrons. The van der Waals surface area contributed by atoms with Gasteiger partial charge in [-0.3, -0.25) is 14.9 Å². The maximum atomic E-state index is 11.5. The van der Waals surface area contributed by atoms with E-state index in [1.807, 2.05) is 0 Å². The summed E-state index contributed by atoms with van der Waals surface area (Å²) >= 11 is 12.4. The minimum absolute atomic E-state index is 0.181. The Kier molecular flexibility index (Phi) is 3.97. The lowest BCUT2D eigenvalue weighted by Crippen LogP contribution is -2.18. The van der Waals surface area contributed by atoms with Crippen molar-refractivity contribution in [1.29, 1.82) is 0 Å². The first kappa shape index (κ1) is 13.4. The molecule has 1 aliphatic heterocycles. The summed E-state index contributed by atoms with van der Waals surface area (Å²) in [6.45, 7) is -0.374. The number of rotatable bonds is 2. The van der Waals surface area contributed by atoms with E-state index < -0.39 is 11.1 Å². The number of carbonyl (C=O) groups excluding carboxylic acids is 2. The number of carbonyl (C=O) groups is 2. The Morgan fingerprint density at radius 3 is 2.50 bits per heavy atom. The van der Waals surface area contributed by atoms with Crippen molar-refractivity contribution in [3.8, 4) is 0 Å². The fraction of sp³-hybridized carbons (Fsp3) is 0.0909. The van der Waals surface area contributed by atoms with Gasteiger partial charge in [-0.25, -0.2) is 0 Å². The molecule has 1 aliphatic rings. The highest BCUT2D eigenvalue weighted by molar-refractivity contribution is 8.18. The highest BCUT2D eigenvalue weighted by Crippen LogP contribution is 2.33. The van der Waals surface area contributed by atoms with Gasteiger partial charge in [0.25, 0.3) is 11.1 Å². The highest BCUT2D eigenvalue weighted by Gasteiger charge is 2.28. The number of benzene rings is 1. The summed E-state index contributed by atoms with van der Waals surface area (Å²) in [7, 11) is 0. The largest absolute Gasteiger partial charge is 0.392 e. The molecule has 2 N–H and O–H groups in total. The molecule has 0 spiro atoms. The van der Waals surface area contributed by atoms with Crippen LogP contribution in [0.3, 0.4) is 0 Å².